The van der Waals surface area contributed by atoms with Gasteiger partial charge >= 0.3 is 5.97 Å². The molecule has 0 saturated heterocycles. The topological polar surface area (TPSA) is 84.5 Å². The minimum Gasteiger partial charge on any atom is -0.456 e. The maximum Gasteiger partial charge on any atom is 0.306 e. The van der Waals surface area contributed by atoms with Gasteiger partial charge in [0.25, 0.3) is 5.91 Å². The fourth-order valence-electron chi connectivity index (χ4n) is 2.75. The second-order valence-electron chi connectivity index (χ2n) is 6.85. The molecule has 0 bridgehead atoms. The van der Waals surface area contributed by atoms with Crippen molar-refractivity contribution in [2.75, 3.05) is 17.2 Å². The molecule has 29 heavy (non-hydrogen) atoms. The van der Waals surface area contributed by atoms with E-state index in [0.717, 1.165) is 26.9 Å². The Morgan fingerprint density at radius 3 is 2.21 bits per heavy atom. The van der Waals surface area contributed by atoms with Crippen LogP contribution < -0.4 is 10.6 Å². The molecule has 0 fully saturated rings. The summed E-state index contributed by atoms with van der Waals surface area (Å²) < 4.78 is 5.98. The molecule has 0 aliphatic carbocycles. The van der Waals surface area contributed by atoms with Crippen LogP contribution in [-0.4, -0.2) is 24.4 Å². The molecule has 2 aromatic carbocycles. The van der Waals surface area contributed by atoms with Gasteiger partial charge in [0.2, 0.25) is 5.91 Å². The Bertz CT molecular complexity index is 888. The van der Waals surface area contributed by atoms with Crippen molar-refractivity contribution >= 4 is 45.1 Å². The number of aryl methyl sites for hydroxylation is 3. The number of carbonyl (C=O) groups excluding carboxylic acids is 3. The average Bonchev–Trinajstić information content (AvgIpc) is 2.66. The van der Waals surface area contributed by atoms with Crippen molar-refractivity contribution in [3.63, 3.8) is 0 Å². The molecule has 7 heteroatoms. The molecule has 2 N–H and O–H groups in total. The molecule has 2 amide bonds. The molecule has 0 radical (unpaired) electrons. The van der Waals surface area contributed by atoms with Crippen LogP contribution in [0.2, 0.25) is 0 Å². The zero-order chi connectivity index (χ0) is 21.4. The minimum absolute atomic E-state index is 0.0744. The van der Waals surface area contributed by atoms with Crippen LogP contribution in [0.5, 0.6) is 0 Å². The van der Waals surface area contributed by atoms with E-state index in [1.165, 1.54) is 0 Å². The first-order chi connectivity index (χ1) is 13.8. The molecule has 0 aliphatic rings. The first-order valence-electron chi connectivity index (χ1n) is 9.34. The molecule has 0 aromatic heterocycles. The minimum atomic E-state index is -0.507. The molecule has 154 valence electrons. The van der Waals surface area contributed by atoms with Gasteiger partial charge in [-0.15, -0.1) is 0 Å². The lowest BCUT2D eigenvalue weighted by Crippen LogP contribution is -2.21. The Morgan fingerprint density at radius 1 is 0.897 bits per heavy atom. The molecule has 0 spiro atoms. The number of para-hydroxylation sites is 1. The number of rotatable bonds is 8. The molecule has 0 heterocycles. The second kappa shape index (κ2) is 10.8. The number of hydrogen-bond donors (Lipinski definition) is 2. The normalized spacial score (nSPS) is 10.3. The smallest absolute Gasteiger partial charge is 0.306 e. The lowest BCUT2D eigenvalue weighted by atomic mass is 10.1. The van der Waals surface area contributed by atoms with Gasteiger partial charge in [-0.3, -0.25) is 14.4 Å². The number of ether oxygens (including phenoxy) is 1. The van der Waals surface area contributed by atoms with E-state index in [2.05, 4.69) is 26.6 Å². The van der Waals surface area contributed by atoms with E-state index in [4.69, 9.17) is 4.74 Å². The second-order valence-corrected chi connectivity index (χ2v) is 7.64. The van der Waals surface area contributed by atoms with Crippen molar-refractivity contribution in [2.24, 2.45) is 0 Å². The number of carbonyl (C=O) groups is 3. The standard InChI is InChI=1S/C22H25BrN2O4/c1-14-7-4-5-8-18(14)25-19(26)9-6-10-21(28)29-13-20(27)24-17-11-15(2)22(23)16(3)12-17/h4-5,7-8,11-12H,6,9-10,13H2,1-3H3,(H,24,27)(H,25,26). The van der Waals surface area contributed by atoms with Gasteiger partial charge in [-0.1, -0.05) is 34.1 Å². The number of benzene rings is 2. The maximum atomic E-state index is 12.0. The summed E-state index contributed by atoms with van der Waals surface area (Å²) in [6, 6.07) is 11.2. The summed E-state index contributed by atoms with van der Waals surface area (Å²) in [5, 5.41) is 5.53. The highest BCUT2D eigenvalue weighted by Gasteiger charge is 2.11. The molecule has 0 atom stereocenters. The van der Waals surface area contributed by atoms with Crippen molar-refractivity contribution in [1.82, 2.24) is 0 Å². The highest BCUT2D eigenvalue weighted by molar-refractivity contribution is 9.10. The quantitative estimate of drug-likeness (QED) is 0.560. The van der Waals surface area contributed by atoms with Crippen molar-refractivity contribution in [3.05, 3.63) is 57.6 Å². The summed E-state index contributed by atoms with van der Waals surface area (Å²) >= 11 is 3.47. The van der Waals surface area contributed by atoms with Gasteiger partial charge < -0.3 is 15.4 Å². The zero-order valence-corrected chi connectivity index (χ0v) is 18.4. The largest absolute Gasteiger partial charge is 0.456 e. The maximum absolute atomic E-state index is 12.0. The monoisotopic (exact) mass is 460 g/mol. The molecule has 0 saturated carbocycles. The Labute approximate surface area is 179 Å². The first-order valence-corrected chi connectivity index (χ1v) is 10.1. The Morgan fingerprint density at radius 2 is 1.55 bits per heavy atom. The summed E-state index contributed by atoms with van der Waals surface area (Å²) in [4.78, 5) is 35.7. The van der Waals surface area contributed by atoms with E-state index in [-0.39, 0.29) is 25.4 Å². The molecule has 2 aromatic rings. The van der Waals surface area contributed by atoms with Crippen LogP contribution >= 0.6 is 15.9 Å². The number of halogens is 1. The third kappa shape index (κ3) is 7.34. The van der Waals surface area contributed by atoms with Crippen molar-refractivity contribution in [1.29, 1.82) is 0 Å². The van der Waals surface area contributed by atoms with E-state index in [0.29, 0.717) is 12.1 Å². The molecular formula is C22H25BrN2O4. The SMILES string of the molecule is Cc1ccccc1NC(=O)CCCC(=O)OCC(=O)Nc1cc(C)c(Br)c(C)c1. The van der Waals surface area contributed by atoms with Crippen LogP contribution in [0.25, 0.3) is 0 Å². The average molecular weight is 461 g/mol. The van der Waals surface area contributed by atoms with Crippen LogP contribution in [0.4, 0.5) is 11.4 Å². The van der Waals surface area contributed by atoms with Gasteiger partial charge in [-0.05, 0) is 62.1 Å². The molecular weight excluding hydrogens is 436 g/mol. The van der Waals surface area contributed by atoms with Gasteiger partial charge in [-0.2, -0.15) is 0 Å². The predicted octanol–water partition coefficient (Wildman–Crippen LogP) is 4.67. The highest BCUT2D eigenvalue weighted by Crippen LogP contribution is 2.25. The van der Waals surface area contributed by atoms with Crippen molar-refractivity contribution in [2.45, 2.75) is 40.0 Å². The third-order valence-electron chi connectivity index (χ3n) is 4.29. The van der Waals surface area contributed by atoms with Crippen LogP contribution in [-0.2, 0) is 19.1 Å². The Balaban J connectivity index is 1.68. The lowest BCUT2D eigenvalue weighted by molar-refractivity contribution is -0.147. The van der Waals surface area contributed by atoms with Crippen LogP contribution in [0.3, 0.4) is 0 Å². The zero-order valence-electron chi connectivity index (χ0n) is 16.8. The van der Waals surface area contributed by atoms with Gasteiger partial charge in [0.05, 0.1) is 0 Å². The molecule has 0 aliphatic heterocycles. The van der Waals surface area contributed by atoms with E-state index in [1.54, 1.807) is 0 Å². The number of hydrogen-bond acceptors (Lipinski definition) is 4. The first kappa shape index (κ1) is 22.6. The van der Waals surface area contributed by atoms with E-state index in [9.17, 15) is 14.4 Å². The molecule has 6 nitrogen and oxygen atoms in total. The number of amides is 2. The predicted molar refractivity (Wildman–Crippen MR) is 117 cm³/mol. The summed E-state index contributed by atoms with van der Waals surface area (Å²) in [6.07, 6.45) is 0.626. The summed E-state index contributed by atoms with van der Waals surface area (Å²) in [6.45, 7) is 5.42. The number of esters is 1. The van der Waals surface area contributed by atoms with Crippen LogP contribution in [0.1, 0.15) is 36.0 Å². The van der Waals surface area contributed by atoms with Gasteiger partial charge in [0.15, 0.2) is 6.61 Å². The fraction of sp³-hybridized carbons (Fsp3) is 0.318. The summed E-state index contributed by atoms with van der Waals surface area (Å²) in [5.74, 6) is -1.07. The summed E-state index contributed by atoms with van der Waals surface area (Å²) in [7, 11) is 0. The van der Waals surface area contributed by atoms with Crippen molar-refractivity contribution < 1.29 is 19.1 Å². The Hall–Kier alpha value is -2.67. The number of nitrogens with one attached hydrogen (secondary N) is 2. The van der Waals surface area contributed by atoms with E-state index >= 15 is 0 Å². The van der Waals surface area contributed by atoms with Crippen LogP contribution in [0, 0.1) is 20.8 Å². The number of anilines is 2. The van der Waals surface area contributed by atoms with Crippen molar-refractivity contribution in [3.8, 4) is 0 Å². The van der Waals surface area contributed by atoms with Crippen LogP contribution in [0.15, 0.2) is 40.9 Å². The van der Waals surface area contributed by atoms with Gasteiger partial charge in [0.1, 0.15) is 0 Å². The highest BCUT2D eigenvalue weighted by atomic mass is 79.9. The van der Waals surface area contributed by atoms with Gasteiger partial charge in [-0.25, -0.2) is 0 Å². The van der Waals surface area contributed by atoms with E-state index < -0.39 is 11.9 Å². The fourth-order valence-corrected chi connectivity index (χ4v) is 2.98. The Kier molecular flexibility index (Phi) is 8.39. The summed E-state index contributed by atoms with van der Waals surface area (Å²) in [5.41, 5.74) is 4.39. The molecule has 0 unspecified atom stereocenters. The third-order valence-corrected chi connectivity index (χ3v) is 5.54. The van der Waals surface area contributed by atoms with E-state index in [1.807, 2.05) is 57.2 Å². The lowest BCUT2D eigenvalue weighted by Gasteiger charge is -2.10. The molecule has 2 rings (SSSR count). The van der Waals surface area contributed by atoms with Gasteiger partial charge in [0, 0.05) is 28.7 Å².